The fourth-order valence-corrected chi connectivity index (χ4v) is 2.13. The van der Waals surface area contributed by atoms with Crippen LogP contribution in [0.3, 0.4) is 0 Å². The lowest BCUT2D eigenvalue weighted by molar-refractivity contribution is 0.0950. The van der Waals surface area contributed by atoms with Crippen molar-refractivity contribution >= 4 is 17.5 Å². The van der Waals surface area contributed by atoms with Crippen LogP contribution in [-0.2, 0) is 6.54 Å². The molecule has 0 unspecified atom stereocenters. The van der Waals surface area contributed by atoms with Crippen LogP contribution in [0, 0.1) is 6.92 Å². The van der Waals surface area contributed by atoms with Crippen molar-refractivity contribution in [1.82, 2.24) is 15.3 Å². The molecule has 1 N–H and O–H groups in total. The third kappa shape index (κ3) is 4.02. The first-order chi connectivity index (χ1) is 9.97. The Balaban J connectivity index is 2.12. The van der Waals surface area contributed by atoms with E-state index in [1.165, 1.54) is 0 Å². The van der Waals surface area contributed by atoms with Crippen molar-refractivity contribution < 1.29 is 4.79 Å². The molecule has 4 nitrogen and oxygen atoms in total. The Morgan fingerprint density at radius 3 is 2.81 bits per heavy atom. The number of pyridine rings is 2. The van der Waals surface area contributed by atoms with Gasteiger partial charge in [0.15, 0.2) is 0 Å². The minimum atomic E-state index is -0.175. The Labute approximate surface area is 129 Å². The third-order valence-corrected chi connectivity index (χ3v) is 3.40. The lowest BCUT2D eigenvalue weighted by Crippen LogP contribution is -2.24. The number of carbonyl (C=O) groups excluding carboxylic acids is 1. The van der Waals surface area contributed by atoms with E-state index >= 15 is 0 Å². The second-order valence-electron chi connectivity index (χ2n) is 5.21. The van der Waals surface area contributed by atoms with Gasteiger partial charge < -0.3 is 5.32 Å². The molecule has 0 aliphatic heterocycles. The fourth-order valence-electron chi connectivity index (χ4n) is 1.91. The molecule has 21 heavy (non-hydrogen) atoms. The standard InChI is InChI=1S/C16H18ClN3O/c1-10(2)13-7-12(8-15(17)20-13)16(21)19-9-14-11(3)5-4-6-18-14/h4-8,10H,9H2,1-3H3,(H,19,21). The molecule has 0 atom stereocenters. The van der Waals surface area contributed by atoms with Gasteiger partial charge in [0.2, 0.25) is 0 Å². The molecule has 0 spiro atoms. The maximum Gasteiger partial charge on any atom is 0.251 e. The van der Waals surface area contributed by atoms with E-state index in [4.69, 9.17) is 11.6 Å². The summed E-state index contributed by atoms with van der Waals surface area (Å²) in [7, 11) is 0. The molecule has 0 aromatic carbocycles. The average molecular weight is 304 g/mol. The monoisotopic (exact) mass is 303 g/mol. The maximum absolute atomic E-state index is 12.2. The van der Waals surface area contributed by atoms with Crippen LogP contribution in [0.25, 0.3) is 0 Å². The first kappa shape index (κ1) is 15.4. The van der Waals surface area contributed by atoms with E-state index < -0.39 is 0 Å². The topological polar surface area (TPSA) is 54.9 Å². The van der Waals surface area contributed by atoms with Crippen molar-refractivity contribution in [3.8, 4) is 0 Å². The number of nitrogens with zero attached hydrogens (tertiary/aromatic N) is 2. The minimum absolute atomic E-state index is 0.175. The van der Waals surface area contributed by atoms with E-state index in [1.54, 1.807) is 18.3 Å². The number of amides is 1. The van der Waals surface area contributed by atoms with Gasteiger partial charge >= 0.3 is 0 Å². The van der Waals surface area contributed by atoms with Gasteiger partial charge in [-0.25, -0.2) is 4.98 Å². The number of hydrogen-bond donors (Lipinski definition) is 1. The summed E-state index contributed by atoms with van der Waals surface area (Å²) >= 11 is 5.98. The SMILES string of the molecule is Cc1cccnc1CNC(=O)c1cc(Cl)nc(C(C)C)c1. The van der Waals surface area contributed by atoms with Crippen LogP contribution in [-0.4, -0.2) is 15.9 Å². The van der Waals surface area contributed by atoms with Gasteiger partial charge in [-0.05, 0) is 36.6 Å². The van der Waals surface area contributed by atoms with Crippen molar-refractivity contribution in [3.63, 3.8) is 0 Å². The molecule has 110 valence electrons. The molecule has 2 aromatic heterocycles. The second-order valence-corrected chi connectivity index (χ2v) is 5.60. The zero-order valence-electron chi connectivity index (χ0n) is 12.4. The summed E-state index contributed by atoms with van der Waals surface area (Å²) in [5, 5.41) is 3.20. The largest absolute Gasteiger partial charge is 0.346 e. The van der Waals surface area contributed by atoms with Gasteiger partial charge in [-0.15, -0.1) is 0 Å². The summed E-state index contributed by atoms with van der Waals surface area (Å²) in [4.78, 5) is 20.7. The zero-order chi connectivity index (χ0) is 15.4. The second kappa shape index (κ2) is 6.68. The maximum atomic E-state index is 12.2. The molecule has 2 heterocycles. The van der Waals surface area contributed by atoms with E-state index in [2.05, 4.69) is 15.3 Å². The first-order valence-corrected chi connectivity index (χ1v) is 7.21. The highest BCUT2D eigenvalue weighted by molar-refractivity contribution is 6.29. The Morgan fingerprint density at radius 2 is 2.14 bits per heavy atom. The van der Waals surface area contributed by atoms with Crippen molar-refractivity contribution in [1.29, 1.82) is 0 Å². The van der Waals surface area contributed by atoms with Crippen LogP contribution in [0.1, 0.15) is 47.1 Å². The summed E-state index contributed by atoms with van der Waals surface area (Å²) in [6.45, 7) is 6.38. The Kier molecular flexibility index (Phi) is 4.91. The van der Waals surface area contributed by atoms with Gasteiger partial charge in [-0.2, -0.15) is 0 Å². The van der Waals surface area contributed by atoms with Gasteiger partial charge in [-0.1, -0.05) is 31.5 Å². The summed E-state index contributed by atoms with van der Waals surface area (Å²) < 4.78 is 0. The zero-order valence-corrected chi connectivity index (χ0v) is 13.1. The molecule has 2 aromatic rings. The van der Waals surface area contributed by atoms with Crippen molar-refractivity contribution in [2.24, 2.45) is 0 Å². The molecule has 5 heteroatoms. The van der Waals surface area contributed by atoms with E-state index in [0.717, 1.165) is 17.0 Å². The smallest absolute Gasteiger partial charge is 0.251 e. The number of nitrogens with one attached hydrogen (secondary N) is 1. The lowest BCUT2D eigenvalue weighted by atomic mass is 10.1. The predicted molar refractivity (Wildman–Crippen MR) is 83.5 cm³/mol. The van der Waals surface area contributed by atoms with E-state index in [1.807, 2.05) is 32.9 Å². The first-order valence-electron chi connectivity index (χ1n) is 6.83. The van der Waals surface area contributed by atoms with E-state index in [0.29, 0.717) is 17.3 Å². The molecule has 0 radical (unpaired) electrons. The van der Waals surface area contributed by atoms with Crippen LogP contribution in [0.5, 0.6) is 0 Å². The molecule has 0 aliphatic carbocycles. The van der Waals surface area contributed by atoms with Crippen LogP contribution >= 0.6 is 11.6 Å². The fraction of sp³-hybridized carbons (Fsp3) is 0.312. The van der Waals surface area contributed by atoms with Gasteiger partial charge in [-0.3, -0.25) is 9.78 Å². The van der Waals surface area contributed by atoms with Crippen molar-refractivity contribution in [3.05, 3.63) is 58.1 Å². The highest BCUT2D eigenvalue weighted by atomic mass is 35.5. The van der Waals surface area contributed by atoms with Gasteiger partial charge in [0, 0.05) is 17.5 Å². The summed E-state index contributed by atoms with van der Waals surface area (Å²) in [6.07, 6.45) is 1.72. The molecule has 0 fully saturated rings. The van der Waals surface area contributed by atoms with Crippen molar-refractivity contribution in [2.45, 2.75) is 33.2 Å². The van der Waals surface area contributed by atoms with Crippen molar-refractivity contribution in [2.75, 3.05) is 0 Å². The summed E-state index contributed by atoms with van der Waals surface area (Å²) in [6, 6.07) is 7.19. The molecule has 0 saturated carbocycles. The van der Waals surface area contributed by atoms with Crippen LogP contribution in [0.2, 0.25) is 5.15 Å². The normalized spacial score (nSPS) is 10.7. The van der Waals surface area contributed by atoms with E-state index in [9.17, 15) is 4.79 Å². The summed E-state index contributed by atoms with van der Waals surface area (Å²) in [5.41, 5.74) is 3.23. The number of aryl methyl sites for hydroxylation is 1. The molecule has 1 amide bonds. The molecule has 0 aliphatic rings. The number of rotatable bonds is 4. The highest BCUT2D eigenvalue weighted by Crippen LogP contribution is 2.17. The van der Waals surface area contributed by atoms with Gasteiger partial charge in [0.1, 0.15) is 5.15 Å². The summed E-state index contributed by atoms with van der Waals surface area (Å²) in [5.74, 6) is 0.0412. The Bertz CT molecular complexity index is 656. The molecular formula is C16H18ClN3O. The molecule has 2 rings (SSSR count). The quantitative estimate of drug-likeness (QED) is 0.880. The predicted octanol–water partition coefficient (Wildman–Crippen LogP) is 3.49. The van der Waals surface area contributed by atoms with Gasteiger partial charge in [0.05, 0.1) is 12.2 Å². The number of hydrogen-bond acceptors (Lipinski definition) is 3. The minimum Gasteiger partial charge on any atom is -0.346 e. The number of aromatic nitrogens is 2. The van der Waals surface area contributed by atoms with Gasteiger partial charge in [0.25, 0.3) is 5.91 Å². The highest BCUT2D eigenvalue weighted by Gasteiger charge is 2.11. The molecule has 0 bridgehead atoms. The lowest BCUT2D eigenvalue weighted by Gasteiger charge is -2.10. The third-order valence-electron chi connectivity index (χ3n) is 3.20. The van der Waals surface area contributed by atoms with Crippen LogP contribution in [0.15, 0.2) is 30.5 Å². The molecule has 0 saturated heterocycles. The number of halogens is 1. The van der Waals surface area contributed by atoms with Crippen LogP contribution < -0.4 is 5.32 Å². The Morgan fingerprint density at radius 1 is 1.38 bits per heavy atom. The van der Waals surface area contributed by atoms with Crippen LogP contribution in [0.4, 0.5) is 0 Å². The average Bonchev–Trinajstić information content (AvgIpc) is 2.45. The Hall–Kier alpha value is -1.94. The molecular weight excluding hydrogens is 286 g/mol. The van der Waals surface area contributed by atoms with E-state index in [-0.39, 0.29) is 11.8 Å². The number of carbonyl (C=O) groups is 1.